The van der Waals surface area contributed by atoms with Crippen LogP contribution in [0, 0.1) is 5.92 Å². The Morgan fingerprint density at radius 3 is 2.39 bits per heavy atom. The molecule has 6 nitrogen and oxygen atoms in total. The number of rotatable bonds is 9. The minimum atomic E-state index is -4.36. The van der Waals surface area contributed by atoms with E-state index in [1.54, 1.807) is 0 Å². The molecular weight excluding hydrogens is 393 g/mol. The molecule has 0 aromatic heterocycles. The first kappa shape index (κ1) is 22.5. The van der Waals surface area contributed by atoms with Crippen LogP contribution in [0.25, 0.3) is 0 Å². The average Bonchev–Trinajstić information content (AvgIpc) is 2.57. The maximum absolute atomic E-state index is 12.6. The van der Waals surface area contributed by atoms with Crippen LogP contribution in [0.3, 0.4) is 0 Å². The van der Waals surface area contributed by atoms with E-state index < -0.39 is 21.8 Å². The second kappa shape index (κ2) is 10.1. The first-order valence-electron chi connectivity index (χ1n) is 9.35. The van der Waals surface area contributed by atoms with Crippen molar-refractivity contribution in [3.63, 3.8) is 0 Å². The van der Waals surface area contributed by atoms with Crippen LogP contribution in [-0.2, 0) is 22.7 Å². The molecule has 0 radical (unpaired) electrons. The molecule has 3 N–H and O–H groups in total. The van der Waals surface area contributed by atoms with Crippen LogP contribution in [0.2, 0.25) is 0 Å². The molecule has 0 heterocycles. The summed E-state index contributed by atoms with van der Waals surface area (Å²) in [4.78, 5) is 4.29. The Balaban J connectivity index is 1.82. The van der Waals surface area contributed by atoms with Gasteiger partial charge in [0.1, 0.15) is 0 Å². The van der Waals surface area contributed by atoms with Crippen molar-refractivity contribution in [2.24, 2.45) is 10.9 Å². The highest BCUT2D eigenvalue weighted by molar-refractivity contribution is 7.89. The second-order valence-electron chi connectivity index (χ2n) is 6.78. The highest BCUT2D eigenvalue weighted by Gasteiger charge is 2.29. The Kier molecular flexibility index (Phi) is 8.11. The molecule has 1 aromatic carbocycles. The summed E-state index contributed by atoms with van der Waals surface area (Å²) < 4.78 is 64.4. The van der Waals surface area contributed by atoms with Crippen molar-refractivity contribution in [2.75, 3.05) is 25.4 Å². The summed E-state index contributed by atoms with van der Waals surface area (Å²) in [6, 6.07) is 4.80. The fourth-order valence-electron chi connectivity index (χ4n) is 2.63. The first-order chi connectivity index (χ1) is 13.2. The second-order valence-corrected chi connectivity index (χ2v) is 8.71. The van der Waals surface area contributed by atoms with Gasteiger partial charge in [-0.15, -0.1) is 0 Å². The van der Waals surface area contributed by atoms with Gasteiger partial charge in [0.15, 0.2) is 5.96 Å². The molecule has 1 fully saturated rings. The van der Waals surface area contributed by atoms with Gasteiger partial charge in [0.2, 0.25) is 10.0 Å². The lowest BCUT2D eigenvalue weighted by Crippen LogP contribution is -2.42. The van der Waals surface area contributed by atoms with Gasteiger partial charge in [0, 0.05) is 19.6 Å². The molecule has 0 spiro atoms. The van der Waals surface area contributed by atoms with Crippen LogP contribution >= 0.6 is 0 Å². The van der Waals surface area contributed by atoms with Gasteiger partial charge >= 0.3 is 6.18 Å². The van der Waals surface area contributed by atoms with Gasteiger partial charge in [-0.05, 0) is 43.4 Å². The number of aliphatic imine (C=N–C) groups is 1. The van der Waals surface area contributed by atoms with Gasteiger partial charge in [-0.2, -0.15) is 13.2 Å². The lowest BCUT2D eigenvalue weighted by Gasteiger charge is -2.25. The number of benzene rings is 1. The van der Waals surface area contributed by atoms with Gasteiger partial charge in [-0.3, -0.25) is 0 Å². The summed E-state index contributed by atoms with van der Waals surface area (Å²) in [5.74, 6) is 0.784. The van der Waals surface area contributed by atoms with Crippen LogP contribution < -0.4 is 15.4 Å². The smallest absolute Gasteiger partial charge is 0.357 e. The molecule has 10 heteroatoms. The zero-order chi connectivity index (χ0) is 20.6. The van der Waals surface area contributed by atoms with Gasteiger partial charge in [-0.1, -0.05) is 18.6 Å². The summed E-state index contributed by atoms with van der Waals surface area (Å²) >= 11 is 0. The van der Waals surface area contributed by atoms with Gasteiger partial charge in [0.25, 0.3) is 0 Å². The molecule has 1 saturated carbocycles. The van der Waals surface area contributed by atoms with E-state index in [0.29, 0.717) is 30.5 Å². The number of hydrogen-bond acceptors (Lipinski definition) is 3. The Labute approximate surface area is 164 Å². The lowest BCUT2D eigenvalue weighted by atomic mass is 9.86. The number of nitrogens with zero attached hydrogens (tertiary/aromatic N) is 1. The van der Waals surface area contributed by atoms with E-state index in [9.17, 15) is 21.6 Å². The number of sulfonamides is 1. The highest BCUT2D eigenvalue weighted by atomic mass is 32.2. The Morgan fingerprint density at radius 1 is 1.18 bits per heavy atom. The molecule has 0 saturated heterocycles. The predicted molar refractivity (Wildman–Crippen MR) is 103 cm³/mol. The van der Waals surface area contributed by atoms with Gasteiger partial charge in [-0.25, -0.2) is 18.1 Å². The van der Waals surface area contributed by atoms with Crippen LogP contribution in [-0.4, -0.2) is 39.8 Å². The van der Waals surface area contributed by atoms with E-state index in [-0.39, 0.29) is 18.8 Å². The molecular formula is C18H27F3N4O2S. The van der Waals surface area contributed by atoms with Crippen molar-refractivity contribution in [3.05, 3.63) is 35.4 Å². The molecule has 1 aromatic rings. The SMILES string of the molecule is CCNC(=NCc1ccc(C(F)(F)F)cc1)NCCS(=O)(=O)NCC1CCC1. The molecule has 1 aliphatic carbocycles. The number of alkyl halides is 3. The summed E-state index contributed by atoms with van der Waals surface area (Å²) in [6.45, 7) is 3.29. The van der Waals surface area contributed by atoms with Gasteiger partial charge in [0.05, 0.1) is 17.9 Å². The van der Waals surface area contributed by atoms with Crippen LogP contribution in [0.15, 0.2) is 29.3 Å². The Morgan fingerprint density at radius 2 is 1.86 bits per heavy atom. The molecule has 0 bridgehead atoms. The fraction of sp³-hybridized carbons (Fsp3) is 0.611. The van der Waals surface area contributed by atoms with E-state index in [2.05, 4.69) is 20.3 Å². The van der Waals surface area contributed by atoms with Gasteiger partial charge < -0.3 is 10.6 Å². The normalized spacial score (nSPS) is 15.9. The van der Waals surface area contributed by atoms with Crippen LogP contribution in [0.5, 0.6) is 0 Å². The van der Waals surface area contributed by atoms with E-state index in [1.807, 2.05) is 6.92 Å². The standard InChI is InChI=1S/C18H27F3N4O2S/c1-2-22-17(23-10-11-28(26,27)25-13-14-4-3-5-14)24-12-15-6-8-16(9-7-15)18(19,20)21/h6-9,14,25H,2-5,10-13H2,1H3,(H2,22,23,24). The third-order valence-corrected chi connectivity index (χ3v) is 5.87. The van der Waals surface area contributed by atoms with E-state index in [1.165, 1.54) is 12.1 Å². The van der Waals surface area contributed by atoms with E-state index >= 15 is 0 Å². The van der Waals surface area contributed by atoms with Crippen molar-refractivity contribution < 1.29 is 21.6 Å². The zero-order valence-electron chi connectivity index (χ0n) is 15.8. The van der Waals surface area contributed by atoms with E-state index in [4.69, 9.17) is 0 Å². The number of nitrogens with one attached hydrogen (secondary N) is 3. The van der Waals surface area contributed by atoms with Crippen molar-refractivity contribution in [1.82, 2.24) is 15.4 Å². The fourth-order valence-corrected chi connectivity index (χ4v) is 3.63. The van der Waals surface area contributed by atoms with Crippen molar-refractivity contribution >= 4 is 16.0 Å². The highest BCUT2D eigenvalue weighted by Crippen LogP contribution is 2.29. The topological polar surface area (TPSA) is 82.6 Å². The molecule has 0 amide bonds. The summed E-state index contributed by atoms with van der Waals surface area (Å²) in [6.07, 6.45) is -1.06. The summed E-state index contributed by atoms with van der Waals surface area (Å²) in [5.41, 5.74) is -0.0788. The van der Waals surface area contributed by atoms with Crippen molar-refractivity contribution in [2.45, 2.75) is 38.9 Å². The maximum Gasteiger partial charge on any atom is 0.416 e. The number of halogens is 3. The third-order valence-electron chi connectivity index (χ3n) is 4.53. The lowest BCUT2D eigenvalue weighted by molar-refractivity contribution is -0.137. The van der Waals surface area contributed by atoms with Crippen LogP contribution in [0.4, 0.5) is 13.2 Å². The molecule has 2 rings (SSSR count). The minimum Gasteiger partial charge on any atom is -0.357 e. The molecule has 0 unspecified atom stereocenters. The number of guanidine groups is 1. The number of hydrogen-bond donors (Lipinski definition) is 3. The largest absolute Gasteiger partial charge is 0.416 e. The Hall–Kier alpha value is -1.81. The molecule has 0 atom stereocenters. The molecule has 28 heavy (non-hydrogen) atoms. The van der Waals surface area contributed by atoms with Crippen molar-refractivity contribution in [1.29, 1.82) is 0 Å². The van der Waals surface area contributed by atoms with Crippen LogP contribution in [0.1, 0.15) is 37.3 Å². The molecule has 158 valence electrons. The zero-order valence-corrected chi connectivity index (χ0v) is 16.7. The minimum absolute atomic E-state index is 0.0790. The maximum atomic E-state index is 12.6. The third kappa shape index (κ3) is 7.67. The van der Waals surface area contributed by atoms with Crippen molar-refractivity contribution in [3.8, 4) is 0 Å². The van der Waals surface area contributed by atoms with E-state index in [0.717, 1.165) is 31.4 Å². The summed E-state index contributed by atoms with van der Waals surface area (Å²) in [7, 11) is -3.35. The first-order valence-corrected chi connectivity index (χ1v) is 11.0. The summed E-state index contributed by atoms with van der Waals surface area (Å²) in [5, 5.41) is 5.92. The molecule has 1 aliphatic rings. The predicted octanol–water partition coefficient (Wildman–Crippen LogP) is 2.48. The molecule has 0 aliphatic heterocycles. The monoisotopic (exact) mass is 420 g/mol. The Bertz CT molecular complexity index is 745. The average molecular weight is 421 g/mol. The quantitative estimate of drug-likeness (QED) is 0.423.